The number of carbonyl (C=O) groups is 2. The van der Waals surface area contributed by atoms with Crippen molar-refractivity contribution in [1.82, 2.24) is 10.6 Å². The zero-order valence-electron chi connectivity index (χ0n) is 11.6. The maximum Gasteiger partial charge on any atom is 0.251 e. The molecule has 1 aromatic carbocycles. The van der Waals surface area contributed by atoms with Gasteiger partial charge in [0.05, 0.1) is 11.4 Å². The molecule has 108 valence electrons. The standard InChI is InChI=1S/C14H20N4O2/c1-2-15-13(19)5-6-18-14(20)10-3-4-11-12(9-10)17-8-7-16-11/h3-4,9,16-17H,2,5-8H2,1H3,(H,15,19)(H,18,20). The second kappa shape index (κ2) is 6.79. The fraction of sp³-hybridized carbons (Fsp3) is 0.429. The number of rotatable bonds is 5. The average Bonchev–Trinajstić information content (AvgIpc) is 2.47. The van der Waals surface area contributed by atoms with E-state index in [-0.39, 0.29) is 11.8 Å². The van der Waals surface area contributed by atoms with Crippen molar-refractivity contribution in [3.8, 4) is 0 Å². The van der Waals surface area contributed by atoms with Gasteiger partial charge in [0.2, 0.25) is 5.91 Å². The Hall–Kier alpha value is -2.24. The fourth-order valence-corrected chi connectivity index (χ4v) is 2.06. The molecule has 0 bridgehead atoms. The normalized spacial score (nSPS) is 12.7. The Kier molecular flexibility index (Phi) is 4.81. The summed E-state index contributed by atoms with van der Waals surface area (Å²) in [6.45, 7) is 4.54. The largest absolute Gasteiger partial charge is 0.382 e. The third kappa shape index (κ3) is 3.63. The van der Waals surface area contributed by atoms with Gasteiger partial charge in [0, 0.05) is 38.2 Å². The number of nitrogens with one attached hydrogen (secondary N) is 4. The molecule has 4 N–H and O–H groups in total. The smallest absolute Gasteiger partial charge is 0.251 e. The van der Waals surface area contributed by atoms with Crippen molar-refractivity contribution in [2.75, 3.05) is 36.8 Å². The summed E-state index contributed by atoms with van der Waals surface area (Å²) < 4.78 is 0. The van der Waals surface area contributed by atoms with Crippen molar-refractivity contribution < 1.29 is 9.59 Å². The van der Waals surface area contributed by atoms with Gasteiger partial charge in [-0.3, -0.25) is 9.59 Å². The maximum absolute atomic E-state index is 12.0. The van der Waals surface area contributed by atoms with Crippen LogP contribution in [0.5, 0.6) is 0 Å². The topological polar surface area (TPSA) is 82.3 Å². The van der Waals surface area contributed by atoms with Gasteiger partial charge in [0.1, 0.15) is 0 Å². The van der Waals surface area contributed by atoms with Crippen molar-refractivity contribution in [2.45, 2.75) is 13.3 Å². The van der Waals surface area contributed by atoms with Gasteiger partial charge in [-0.25, -0.2) is 0 Å². The molecule has 2 amide bonds. The van der Waals surface area contributed by atoms with Gasteiger partial charge in [0.15, 0.2) is 0 Å². The van der Waals surface area contributed by atoms with E-state index < -0.39 is 0 Å². The summed E-state index contributed by atoms with van der Waals surface area (Å²) in [5.74, 6) is -0.214. The van der Waals surface area contributed by atoms with E-state index in [1.54, 1.807) is 6.07 Å². The monoisotopic (exact) mass is 276 g/mol. The van der Waals surface area contributed by atoms with E-state index in [4.69, 9.17) is 0 Å². The minimum atomic E-state index is -0.163. The molecule has 0 saturated carbocycles. The van der Waals surface area contributed by atoms with E-state index in [1.165, 1.54) is 0 Å². The number of anilines is 2. The van der Waals surface area contributed by atoms with Crippen molar-refractivity contribution in [2.24, 2.45) is 0 Å². The summed E-state index contributed by atoms with van der Waals surface area (Å²) in [4.78, 5) is 23.3. The summed E-state index contributed by atoms with van der Waals surface area (Å²) in [6, 6.07) is 5.49. The summed E-state index contributed by atoms with van der Waals surface area (Å²) in [5.41, 5.74) is 2.54. The summed E-state index contributed by atoms with van der Waals surface area (Å²) in [6.07, 6.45) is 0.296. The third-order valence-corrected chi connectivity index (χ3v) is 3.05. The van der Waals surface area contributed by atoms with E-state index >= 15 is 0 Å². The molecule has 20 heavy (non-hydrogen) atoms. The molecule has 0 atom stereocenters. The molecular weight excluding hydrogens is 256 g/mol. The SMILES string of the molecule is CCNC(=O)CCNC(=O)c1ccc2c(c1)NCCN2. The molecule has 0 aliphatic carbocycles. The second-order valence-corrected chi connectivity index (χ2v) is 4.57. The summed E-state index contributed by atoms with van der Waals surface area (Å²) >= 11 is 0. The van der Waals surface area contributed by atoms with Crippen LogP contribution in [0.25, 0.3) is 0 Å². The average molecular weight is 276 g/mol. The van der Waals surface area contributed by atoms with Crippen LogP contribution in [0.3, 0.4) is 0 Å². The molecule has 0 spiro atoms. The van der Waals surface area contributed by atoms with Gasteiger partial charge >= 0.3 is 0 Å². The molecule has 1 heterocycles. The van der Waals surface area contributed by atoms with Gasteiger partial charge in [-0.05, 0) is 25.1 Å². The van der Waals surface area contributed by atoms with Gasteiger partial charge in [0.25, 0.3) is 5.91 Å². The lowest BCUT2D eigenvalue weighted by atomic mass is 10.1. The number of hydrogen-bond donors (Lipinski definition) is 4. The predicted molar refractivity (Wildman–Crippen MR) is 79.1 cm³/mol. The van der Waals surface area contributed by atoms with E-state index in [0.29, 0.717) is 25.1 Å². The lowest BCUT2D eigenvalue weighted by Crippen LogP contribution is -2.30. The molecule has 1 aliphatic heterocycles. The Bertz CT molecular complexity index is 502. The molecule has 0 aromatic heterocycles. The minimum Gasteiger partial charge on any atom is -0.382 e. The van der Waals surface area contributed by atoms with Crippen LogP contribution in [-0.2, 0) is 4.79 Å². The van der Waals surface area contributed by atoms with E-state index in [1.807, 2.05) is 19.1 Å². The molecular formula is C14H20N4O2. The maximum atomic E-state index is 12.0. The first kappa shape index (κ1) is 14.2. The molecule has 6 heteroatoms. The van der Waals surface area contributed by atoms with E-state index in [0.717, 1.165) is 24.5 Å². The fourth-order valence-electron chi connectivity index (χ4n) is 2.06. The Morgan fingerprint density at radius 1 is 1.15 bits per heavy atom. The summed E-state index contributed by atoms with van der Waals surface area (Å²) in [7, 11) is 0. The Balaban J connectivity index is 1.88. The van der Waals surface area contributed by atoms with Crippen LogP contribution in [0, 0.1) is 0 Å². The van der Waals surface area contributed by atoms with Gasteiger partial charge in [-0.1, -0.05) is 0 Å². The van der Waals surface area contributed by atoms with Crippen LogP contribution in [0.1, 0.15) is 23.7 Å². The first-order valence-electron chi connectivity index (χ1n) is 6.87. The van der Waals surface area contributed by atoms with E-state index in [2.05, 4.69) is 21.3 Å². The zero-order chi connectivity index (χ0) is 14.4. The lowest BCUT2D eigenvalue weighted by Gasteiger charge is -2.20. The minimum absolute atomic E-state index is 0.0518. The Morgan fingerprint density at radius 2 is 1.90 bits per heavy atom. The lowest BCUT2D eigenvalue weighted by molar-refractivity contribution is -0.120. The van der Waals surface area contributed by atoms with Gasteiger partial charge in [-0.2, -0.15) is 0 Å². The molecule has 0 saturated heterocycles. The third-order valence-electron chi connectivity index (χ3n) is 3.05. The van der Waals surface area contributed by atoms with Crippen LogP contribution in [0.15, 0.2) is 18.2 Å². The van der Waals surface area contributed by atoms with Crippen molar-refractivity contribution in [1.29, 1.82) is 0 Å². The highest BCUT2D eigenvalue weighted by Gasteiger charge is 2.12. The van der Waals surface area contributed by atoms with Crippen molar-refractivity contribution in [3.05, 3.63) is 23.8 Å². The number of carbonyl (C=O) groups excluding carboxylic acids is 2. The first-order chi connectivity index (χ1) is 9.70. The molecule has 0 radical (unpaired) electrons. The van der Waals surface area contributed by atoms with Crippen LogP contribution < -0.4 is 21.3 Å². The predicted octanol–water partition coefficient (Wildman–Crippen LogP) is 0.780. The number of amides is 2. The first-order valence-corrected chi connectivity index (χ1v) is 6.87. The van der Waals surface area contributed by atoms with Gasteiger partial charge in [-0.15, -0.1) is 0 Å². The quantitative estimate of drug-likeness (QED) is 0.640. The van der Waals surface area contributed by atoms with Crippen LogP contribution in [-0.4, -0.2) is 38.0 Å². The second-order valence-electron chi connectivity index (χ2n) is 4.57. The molecule has 0 unspecified atom stereocenters. The van der Waals surface area contributed by atoms with Crippen LogP contribution in [0.4, 0.5) is 11.4 Å². The molecule has 0 fully saturated rings. The number of fused-ring (bicyclic) bond motifs is 1. The Labute approximate surface area is 118 Å². The summed E-state index contributed by atoms with van der Waals surface area (Å²) in [5, 5.41) is 11.9. The molecule has 1 aliphatic rings. The highest BCUT2D eigenvalue weighted by atomic mass is 16.2. The Morgan fingerprint density at radius 3 is 2.65 bits per heavy atom. The zero-order valence-corrected chi connectivity index (χ0v) is 11.6. The molecule has 1 aromatic rings. The van der Waals surface area contributed by atoms with Crippen molar-refractivity contribution >= 4 is 23.2 Å². The highest BCUT2D eigenvalue weighted by molar-refractivity contribution is 5.96. The molecule has 6 nitrogen and oxygen atoms in total. The number of hydrogen-bond acceptors (Lipinski definition) is 4. The van der Waals surface area contributed by atoms with Gasteiger partial charge < -0.3 is 21.3 Å². The van der Waals surface area contributed by atoms with E-state index in [9.17, 15) is 9.59 Å². The van der Waals surface area contributed by atoms with Crippen molar-refractivity contribution in [3.63, 3.8) is 0 Å². The van der Waals surface area contributed by atoms with Crippen LogP contribution in [0.2, 0.25) is 0 Å². The van der Waals surface area contributed by atoms with Crippen LogP contribution >= 0.6 is 0 Å². The number of benzene rings is 1. The highest BCUT2D eigenvalue weighted by Crippen LogP contribution is 2.25. The molecule has 2 rings (SSSR count).